The molecular formula is C23H23N3O4. The summed E-state index contributed by atoms with van der Waals surface area (Å²) in [7, 11) is 0. The molecule has 0 saturated carbocycles. The number of anilines is 2. The van der Waals surface area contributed by atoms with Crippen LogP contribution in [0, 0.1) is 6.92 Å². The second-order valence-corrected chi connectivity index (χ2v) is 6.68. The quantitative estimate of drug-likeness (QED) is 0.493. The standard InChI is InChI=1S/C23H23N3O4/c1-16-18(22(28)25-17-8-3-2-4-9-17)10-5-11-19(16)26-21(27)13-6-14-24-23(29)20-12-7-15-30-20/h2-5,7-12,15H,6,13-14H2,1H3,(H,24,29)(H,25,28)(H,26,27). The minimum atomic E-state index is -0.312. The number of hydrogen-bond acceptors (Lipinski definition) is 4. The molecule has 0 aliphatic rings. The predicted molar refractivity (Wildman–Crippen MR) is 114 cm³/mol. The number of carbonyl (C=O) groups is 3. The molecule has 7 heteroatoms. The largest absolute Gasteiger partial charge is 0.459 e. The van der Waals surface area contributed by atoms with Crippen LogP contribution < -0.4 is 16.0 Å². The summed E-state index contributed by atoms with van der Waals surface area (Å²) >= 11 is 0. The Kier molecular flexibility index (Phi) is 7.00. The van der Waals surface area contributed by atoms with Crippen molar-refractivity contribution in [3.05, 3.63) is 83.8 Å². The number of furan rings is 1. The van der Waals surface area contributed by atoms with Crippen molar-refractivity contribution >= 4 is 29.1 Å². The lowest BCUT2D eigenvalue weighted by molar-refractivity contribution is -0.116. The molecule has 1 aromatic heterocycles. The van der Waals surface area contributed by atoms with Gasteiger partial charge in [0.15, 0.2) is 5.76 Å². The monoisotopic (exact) mass is 405 g/mol. The van der Waals surface area contributed by atoms with E-state index < -0.39 is 0 Å². The van der Waals surface area contributed by atoms with E-state index in [1.54, 1.807) is 37.3 Å². The normalized spacial score (nSPS) is 10.3. The molecule has 0 aliphatic heterocycles. The third-order valence-electron chi connectivity index (χ3n) is 4.50. The van der Waals surface area contributed by atoms with Crippen LogP contribution in [-0.4, -0.2) is 24.3 Å². The second kappa shape index (κ2) is 10.1. The lowest BCUT2D eigenvalue weighted by Crippen LogP contribution is -2.25. The summed E-state index contributed by atoms with van der Waals surface area (Å²) in [5.41, 5.74) is 2.46. The van der Waals surface area contributed by atoms with E-state index in [0.717, 1.165) is 0 Å². The summed E-state index contributed by atoms with van der Waals surface area (Å²) in [5, 5.41) is 8.38. The fraction of sp³-hybridized carbons (Fsp3) is 0.174. The van der Waals surface area contributed by atoms with Gasteiger partial charge in [-0.05, 0) is 55.3 Å². The van der Waals surface area contributed by atoms with Crippen LogP contribution in [0.4, 0.5) is 11.4 Å². The van der Waals surface area contributed by atoms with Crippen LogP contribution in [-0.2, 0) is 4.79 Å². The van der Waals surface area contributed by atoms with E-state index in [4.69, 9.17) is 4.42 Å². The number of rotatable bonds is 8. The molecule has 0 saturated heterocycles. The second-order valence-electron chi connectivity index (χ2n) is 6.68. The highest BCUT2D eigenvalue weighted by Crippen LogP contribution is 2.20. The molecule has 3 N–H and O–H groups in total. The fourth-order valence-corrected chi connectivity index (χ4v) is 2.90. The highest BCUT2D eigenvalue weighted by atomic mass is 16.3. The number of hydrogen-bond donors (Lipinski definition) is 3. The molecule has 3 rings (SSSR count). The van der Waals surface area contributed by atoms with E-state index in [-0.39, 0.29) is 29.9 Å². The maximum absolute atomic E-state index is 12.6. The van der Waals surface area contributed by atoms with Crippen LogP contribution >= 0.6 is 0 Å². The molecule has 0 bridgehead atoms. The van der Waals surface area contributed by atoms with Gasteiger partial charge < -0.3 is 20.4 Å². The molecular weight excluding hydrogens is 382 g/mol. The molecule has 0 atom stereocenters. The number of benzene rings is 2. The zero-order valence-electron chi connectivity index (χ0n) is 16.6. The van der Waals surface area contributed by atoms with Crippen LogP contribution in [0.25, 0.3) is 0 Å². The summed E-state index contributed by atoms with van der Waals surface area (Å²) in [6.45, 7) is 2.14. The van der Waals surface area contributed by atoms with Crippen LogP contribution in [0.3, 0.4) is 0 Å². The first kappa shape index (κ1) is 20.9. The van der Waals surface area contributed by atoms with Gasteiger partial charge in [-0.3, -0.25) is 14.4 Å². The first-order valence-corrected chi connectivity index (χ1v) is 9.62. The van der Waals surface area contributed by atoms with Gasteiger partial charge >= 0.3 is 0 Å². The number of amides is 3. The fourth-order valence-electron chi connectivity index (χ4n) is 2.90. The molecule has 7 nitrogen and oxygen atoms in total. The van der Waals surface area contributed by atoms with E-state index in [1.807, 2.05) is 30.3 Å². The summed E-state index contributed by atoms with van der Waals surface area (Å²) in [6.07, 6.45) is 2.14. The summed E-state index contributed by atoms with van der Waals surface area (Å²) in [4.78, 5) is 36.6. The van der Waals surface area contributed by atoms with Gasteiger partial charge in [0.25, 0.3) is 11.8 Å². The molecule has 3 aromatic rings. The Morgan fingerprint density at radius 3 is 2.40 bits per heavy atom. The lowest BCUT2D eigenvalue weighted by atomic mass is 10.1. The molecule has 1 heterocycles. The van der Waals surface area contributed by atoms with Gasteiger partial charge in [-0.25, -0.2) is 0 Å². The highest BCUT2D eigenvalue weighted by Gasteiger charge is 2.14. The Morgan fingerprint density at radius 2 is 1.67 bits per heavy atom. The first-order chi connectivity index (χ1) is 14.5. The molecule has 0 unspecified atom stereocenters. The molecule has 154 valence electrons. The van der Waals surface area contributed by atoms with Gasteiger partial charge in [-0.15, -0.1) is 0 Å². The third kappa shape index (κ3) is 5.57. The molecule has 0 spiro atoms. The van der Waals surface area contributed by atoms with Crippen molar-refractivity contribution in [1.82, 2.24) is 5.32 Å². The number of para-hydroxylation sites is 1. The van der Waals surface area contributed by atoms with Crippen molar-refractivity contribution in [3.8, 4) is 0 Å². The SMILES string of the molecule is Cc1c(NC(=O)CCCNC(=O)c2ccco2)cccc1C(=O)Nc1ccccc1. The Morgan fingerprint density at radius 1 is 0.867 bits per heavy atom. The minimum Gasteiger partial charge on any atom is -0.459 e. The maximum atomic E-state index is 12.6. The zero-order chi connectivity index (χ0) is 21.3. The summed E-state index contributed by atoms with van der Waals surface area (Å²) in [5.74, 6) is -0.504. The predicted octanol–water partition coefficient (Wildman–Crippen LogP) is 3.99. The number of nitrogens with one attached hydrogen (secondary N) is 3. The van der Waals surface area contributed by atoms with Crippen molar-refractivity contribution in [2.24, 2.45) is 0 Å². The molecule has 30 heavy (non-hydrogen) atoms. The van der Waals surface area contributed by atoms with E-state index >= 15 is 0 Å². The maximum Gasteiger partial charge on any atom is 0.286 e. The Balaban J connectivity index is 1.51. The van der Waals surface area contributed by atoms with Gasteiger partial charge in [0.2, 0.25) is 5.91 Å². The smallest absolute Gasteiger partial charge is 0.286 e. The van der Waals surface area contributed by atoms with Crippen LogP contribution in [0.2, 0.25) is 0 Å². The van der Waals surface area contributed by atoms with Gasteiger partial charge in [-0.2, -0.15) is 0 Å². The van der Waals surface area contributed by atoms with Crippen molar-refractivity contribution in [3.63, 3.8) is 0 Å². The highest BCUT2D eigenvalue weighted by molar-refractivity contribution is 6.06. The molecule has 0 fully saturated rings. The van der Waals surface area contributed by atoms with Crippen molar-refractivity contribution in [2.45, 2.75) is 19.8 Å². The topological polar surface area (TPSA) is 100 Å². The third-order valence-corrected chi connectivity index (χ3v) is 4.50. The van der Waals surface area contributed by atoms with Crippen LogP contribution in [0.1, 0.15) is 39.3 Å². The Bertz CT molecular complexity index is 1010. The lowest BCUT2D eigenvalue weighted by Gasteiger charge is -2.13. The average molecular weight is 405 g/mol. The van der Waals surface area contributed by atoms with Gasteiger partial charge in [0, 0.05) is 29.9 Å². The number of carbonyl (C=O) groups excluding carboxylic acids is 3. The van der Waals surface area contributed by atoms with Gasteiger partial charge in [-0.1, -0.05) is 24.3 Å². The van der Waals surface area contributed by atoms with E-state index in [1.165, 1.54) is 6.26 Å². The Labute approximate surface area is 174 Å². The van der Waals surface area contributed by atoms with Gasteiger partial charge in [0.05, 0.1) is 6.26 Å². The van der Waals surface area contributed by atoms with E-state index in [2.05, 4.69) is 16.0 Å². The van der Waals surface area contributed by atoms with Crippen LogP contribution in [0.5, 0.6) is 0 Å². The Hall–Kier alpha value is -3.87. The summed E-state index contributed by atoms with van der Waals surface area (Å²) in [6, 6.07) is 17.6. The van der Waals surface area contributed by atoms with Crippen molar-refractivity contribution < 1.29 is 18.8 Å². The summed E-state index contributed by atoms with van der Waals surface area (Å²) < 4.78 is 5.01. The molecule has 0 radical (unpaired) electrons. The van der Waals surface area contributed by atoms with E-state index in [9.17, 15) is 14.4 Å². The van der Waals surface area contributed by atoms with Crippen LogP contribution in [0.15, 0.2) is 71.3 Å². The van der Waals surface area contributed by atoms with Gasteiger partial charge in [0.1, 0.15) is 0 Å². The molecule has 3 amide bonds. The zero-order valence-corrected chi connectivity index (χ0v) is 16.6. The van der Waals surface area contributed by atoms with E-state index in [0.29, 0.717) is 35.5 Å². The average Bonchev–Trinajstić information content (AvgIpc) is 3.28. The van der Waals surface area contributed by atoms with Crippen molar-refractivity contribution in [1.29, 1.82) is 0 Å². The first-order valence-electron chi connectivity index (χ1n) is 9.62. The van der Waals surface area contributed by atoms with Crippen molar-refractivity contribution in [2.75, 3.05) is 17.2 Å². The minimum absolute atomic E-state index is 0.189. The molecule has 2 aromatic carbocycles. The molecule has 0 aliphatic carbocycles.